The van der Waals surface area contributed by atoms with Gasteiger partial charge in [-0.1, -0.05) is 362 Å². The quantitative estimate of drug-likeness (QED) is 0.0222. The monoisotopic (exact) mass is 1420 g/mol. The summed E-state index contributed by atoms with van der Waals surface area (Å²) in [5, 5.41) is 10.6. The lowest BCUT2D eigenvalue weighted by molar-refractivity contribution is -0.161. The number of ether oxygens (including phenoxy) is 4. The first-order valence-corrected chi connectivity index (χ1v) is 43.6. The number of unbranched alkanes of at least 4 members (excludes halogenated alkanes) is 50. The van der Waals surface area contributed by atoms with Crippen molar-refractivity contribution in [3.8, 4) is 0 Å². The Hall–Kier alpha value is -1.94. The van der Waals surface area contributed by atoms with Crippen LogP contribution in [0.25, 0.3) is 0 Å². The molecule has 19 heteroatoms. The zero-order valence-electron chi connectivity index (χ0n) is 63.2. The van der Waals surface area contributed by atoms with Gasteiger partial charge in [-0.2, -0.15) is 0 Å². The topological polar surface area (TPSA) is 237 Å². The Morgan fingerprint density at radius 1 is 0.278 bits per heavy atom. The molecule has 0 spiro atoms. The molecule has 3 N–H and O–H groups in total. The van der Waals surface area contributed by atoms with E-state index in [1.54, 1.807) is 0 Å². The van der Waals surface area contributed by atoms with E-state index in [2.05, 4.69) is 34.6 Å². The van der Waals surface area contributed by atoms with Crippen LogP contribution in [0.1, 0.15) is 413 Å². The smallest absolute Gasteiger partial charge is 0.462 e. The van der Waals surface area contributed by atoms with Crippen LogP contribution < -0.4 is 0 Å². The van der Waals surface area contributed by atoms with E-state index in [0.717, 1.165) is 109 Å². The molecule has 5 atom stereocenters. The maximum absolute atomic E-state index is 13.1. The summed E-state index contributed by atoms with van der Waals surface area (Å²) in [6.07, 6.45) is 61.2. The van der Waals surface area contributed by atoms with Gasteiger partial charge in [-0.3, -0.25) is 37.3 Å². The van der Waals surface area contributed by atoms with Crippen LogP contribution in [0, 0.1) is 5.92 Å². The van der Waals surface area contributed by atoms with Gasteiger partial charge in [0.05, 0.1) is 26.4 Å². The number of phosphoric ester groups is 2. The summed E-state index contributed by atoms with van der Waals surface area (Å²) in [7, 11) is -9.91. The predicted molar refractivity (Wildman–Crippen MR) is 395 cm³/mol. The highest BCUT2D eigenvalue weighted by Gasteiger charge is 2.30. The largest absolute Gasteiger partial charge is 0.472 e. The fourth-order valence-electron chi connectivity index (χ4n) is 12.1. The van der Waals surface area contributed by atoms with Gasteiger partial charge in [-0.15, -0.1) is 0 Å². The van der Waals surface area contributed by atoms with Crippen molar-refractivity contribution in [3.63, 3.8) is 0 Å². The highest BCUT2D eigenvalue weighted by atomic mass is 31.2. The van der Waals surface area contributed by atoms with Gasteiger partial charge in [0.2, 0.25) is 0 Å². The number of carbonyl (C=O) groups is 4. The van der Waals surface area contributed by atoms with E-state index in [1.807, 2.05) is 0 Å². The molecule has 0 aliphatic carbocycles. The molecule has 0 saturated heterocycles. The molecule has 0 aromatic rings. The molecule has 17 nitrogen and oxygen atoms in total. The first-order valence-electron chi connectivity index (χ1n) is 40.6. The molecule has 0 aromatic heterocycles. The fourth-order valence-corrected chi connectivity index (χ4v) is 13.6. The van der Waals surface area contributed by atoms with Crippen LogP contribution >= 0.6 is 15.6 Å². The lowest BCUT2D eigenvalue weighted by Crippen LogP contribution is -2.30. The average molecular weight is 1420 g/mol. The molecular formula is C78H152O17P2. The maximum atomic E-state index is 13.1. The van der Waals surface area contributed by atoms with Crippen molar-refractivity contribution in [1.82, 2.24) is 0 Å². The van der Waals surface area contributed by atoms with Crippen molar-refractivity contribution in [2.24, 2.45) is 5.92 Å². The van der Waals surface area contributed by atoms with Gasteiger partial charge in [0, 0.05) is 25.7 Å². The minimum Gasteiger partial charge on any atom is -0.462 e. The second-order valence-corrected chi connectivity index (χ2v) is 31.5. The highest BCUT2D eigenvalue weighted by molar-refractivity contribution is 7.47. The van der Waals surface area contributed by atoms with E-state index in [0.29, 0.717) is 25.7 Å². The van der Waals surface area contributed by atoms with E-state index >= 15 is 0 Å². The molecule has 576 valence electrons. The van der Waals surface area contributed by atoms with Crippen LogP contribution in [-0.2, 0) is 65.4 Å². The van der Waals surface area contributed by atoms with E-state index in [-0.39, 0.29) is 25.7 Å². The van der Waals surface area contributed by atoms with Crippen LogP contribution in [0.15, 0.2) is 0 Å². The molecule has 0 aliphatic heterocycles. The third-order valence-electron chi connectivity index (χ3n) is 18.3. The van der Waals surface area contributed by atoms with Gasteiger partial charge < -0.3 is 33.8 Å². The molecule has 2 unspecified atom stereocenters. The van der Waals surface area contributed by atoms with Gasteiger partial charge in [-0.25, -0.2) is 9.13 Å². The molecule has 0 rings (SSSR count). The predicted octanol–water partition coefficient (Wildman–Crippen LogP) is 23.3. The SMILES string of the molecule is CCCCCCCCCCCCCCCCCCCCCCC(=O)O[C@H](COC(=O)CCCCCCCCCCCCCCCCCC)COP(=O)(O)OC[C@@H](O)COP(=O)(O)OC[C@@H](COC(=O)CCCCCCCCC)OC(=O)CCCCCCCCCCCCCC(C)C. The summed E-state index contributed by atoms with van der Waals surface area (Å²) in [5.41, 5.74) is 0. The van der Waals surface area contributed by atoms with Crippen LogP contribution in [-0.4, -0.2) is 96.7 Å². The van der Waals surface area contributed by atoms with Gasteiger partial charge in [0.25, 0.3) is 0 Å². The van der Waals surface area contributed by atoms with Gasteiger partial charge in [-0.05, 0) is 31.6 Å². The molecular weight excluding hydrogens is 1270 g/mol. The van der Waals surface area contributed by atoms with Gasteiger partial charge in [0.1, 0.15) is 19.3 Å². The Morgan fingerprint density at radius 3 is 0.701 bits per heavy atom. The van der Waals surface area contributed by atoms with Crippen molar-refractivity contribution >= 4 is 39.5 Å². The zero-order chi connectivity index (χ0) is 71.2. The second kappa shape index (κ2) is 71.1. The van der Waals surface area contributed by atoms with Crippen molar-refractivity contribution in [2.75, 3.05) is 39.6 Å². The summed E-state index contributed by atoms with van der Waals surface area (Å²) >= 11 is 0. The first-order chi connectivity index (χ1) is 47.0. The fraction of sp³-hybridized carbons (Fsp3) is 0.949. The Labute approximate surface area is 594 Å². The summed E-state index contributed by atoms with van der Waals surface area (Å²) in [4.78, 5) is 72.8. The Bertz CT molecular complexity index is 1860. The Morgan fingerprint density at radius 2 is 0.474 bits per heavy atom. The molecule has 0 fully saturated rings. The lowest BCUT2D eigenvalue weighted by atomic mass is 10.0. The lowest BCUT2D eigenvalue weighted by Gasteiger charge is -2.21. The Balaban J connectivity index is 5.18. The number of esters is 4. The molecule has 0 heterocycles. The molecule has 97 heavy (non-hydrogen) atoms. The van der Waals surface area contributed by atoms with Gasteiger partial charge in [0.15, 0.2) is 12.2 Å². The van der Waals surface area contributed by atoms with E-state index in [1.165, 1.54) is 225 Å². The molecule has 0 bridgehead atoms. The van der Waals surface area contributed by atoms with Crippen LogP contribution in [0.3, 0.4) is 0 Å². The average Bonchev–Trinajstić information content (AvgIpc) is 1.50. The zero-order valence-corrected chi connectivity index (χ0v) is 65.0. The number of carbonyl (C=O) groups excluding carboxylic acids is 4. The summed E-state index contributed by atoms with van der Waals surface area (Å²) in [5.74, 6) is -1.35. The normalized spacial score (nSPS) is 13.9. The molecule has 0 aromatic carbocycles. The van der Waals surface area contributed by atoms with Crippen LogP contribution in [0.5, 0.6) is 0 Å². The number of aliphatic hydroxyl groups excluding tert-OH is 1. The number of rotatable bonds is 78. The van der Waals surface area contributed by atoms with Crippen molar-refractivity contribution in [2.45, 2.75) is 432 Å². The maximum Gasteiger partial charge on any atom is 0.472 e. The third kappa shape index (κ3) is 72.2. The standard InChI is InChI=1S/C78H152O17P2/c1-6-9-12-15-18-20-22-24-26-28-29-30-31-33-35-39-43-48-53-58-63-77(82)95-74(68-89-76(81)62-57-52-47-42-38-34-32-27-25-23-21-19-16-13-10-7-2)70-93-97(86,87)91-66-72(79)65-90-96(84,85)92-69-73(67-88-75(80)61-56-51-45-17-14-11-8-3)94-78(83)64-59-54-49-44-40-36-37-41-46-50-55-60-71(4)5/h71-74,79H,6-70H2,1-5H3,(H,84,85)(H,86,87)/t72-,73+,74+/m0/s1. The highest BCUT2D eigenvalue weighted by Crippen LogP contribution is 2.45. The van der Waals surface area contributed by atoms with Crippen molar-refractivity contribution < 1.29 is 80.2 Å². The molecule has 0 aliphatic rings. The second-order valence-electron chi connectivity index (χ2n) is 28.6. The minimum atomic E-state index is -4.96. The summed E-state index contributed by atoms with van der Waals surface area (Å²) in [6, 6.07) is 0. The first kappa shape index (κ1) is 95.1. The number of hydrogen-bond acceptors (Lipinski definition) is 15. The van der Waals surface area contributed by atoms with Crippen molar-refractivity contribution in [1.29, 1.82) is 0 Å². The summed E-state index contributed by atoms with van der Waals surface area (Å²) in [6.45, 7) is 7.27. The third-order valence-corrected chi connectivity index (χ3v) is 20.2. The van der Waals surface area contributed by atoms with Crippen LogP contribution in [0.2, 0.25) is 0 Å². The van der Waals surface area contributed by atoms with E-state index < -0.39 is 97.5 Å². The molecule has 0 radical (unpaired) electrons. The number of phosphoric acid groups is 2. The van der Waals surface area contributed by atoms with Crippen molar-refractivity contribution in [3.05, 3.63) is 0 Å². The number of aliphatic hydroxyl groups is 1. The number of hydrogen-bond donors (Lipinski definition) is 3. The Kier molecular flexibility index (Phi) is 69.6. The van der Waals surface area contributed by atoms with E-state index in [4.69, 9.17) is 37.0 Å². The van der Waals surface area contributed by atoms with Gasteiger partial charge >= 0.3 is 39.5 Å². The molecule has 0 amide bonds. The summed E-state index contributed by atoms with van der Waals surface area (Å²) < 4.78 is 68.5. The van der Waals surface area contributed by atoms with E-state index in [9.17, 15) is 43.2 Å². The minimum absolute atomic E-state index is 0.106. The molecule has 0 saturated carbocycles. The van der Waals surface area contributed by atoms with Crippen LogP contribution in [0.4, 0.5) is 0 Å².